The molecule has 8 heavy (non-hydrogen) atoms. The van der Waals surface area contributed by atoms with Gasteiger partial charge in [0.25, 0.3) is 5.97 Å². The van der Waals surface area contributed by atoms with Crippen LogP contribution in [0, 0.1) is 0 Å². The molecule has 0 amide bonds. The largest absolute Gasteiger partial charge is 0.481 e. The number of rotatable bonds is 0. The van der Waals surface area contributed by atoms with Crippen molar-refractivity contribution in [2.75, 3.05) is 0 Å². The number of carboxylic acid groups (broad SMARTS) is 1. The zero-order chi connectivity index (χ0) is 6.99. The molecule has 0 aromatic rings. The van der Waals surface area contributed by atoms with Crippen molar-refractivity contribution in [3.8, 4) is 0 Å². The van der Waals surface area contributed by atoms with Gasteiger partial charge in [-0.2, -0.15) is 12.6 Å². The monoisotopic (exact) mass is 134 g/mol. The van der Waals surface area contributed by atoms with Gasteiger partial charge >= 0.3 is 0 Å². The lowest BCUT2D eigenvalue weighted by Crippen LogP contribution is -1.78. The van der Waals surface area contributed by atoms with Crippen molar-refractivity contribution in [1.82, 2.24) is 0 Å². The van der Waals surface area contributed by atoms with E-state index >= 15 is 0 Å². The first kappa shape index (κ1) is 10.5. The van der Waals surface area contributed by atoms with Gasteiger partial charge in [-0.15, -0.1) is 0 Å². The van der Waals surface area contributed by atoms with E-state index in [1.807, 2.05) is 13.0 Å². The smallest absolute Gasteiger partial charge is 0.300 e. The molecule has 0 radical (unpaired) electrons. The van der Waals surface area contributed by atoms with E-state index < -0.39 is 5.97 Å². The van der Waals surface area contributed by atoms with E-state index in [2.05, 4.69) is 12.6 Å². The zero-order valence-corrected chi connectivity index (χ0v) is 5.85. The average Bonchev–Trinajstić information content (AvgIpc) is 1.65. The number of hydrogen-bond donors (Lipinski definition) is 2. The summed E-state index contributed by atoms with van der Waals surface area (Å²) in [6, 6.07) is 0. The van der Waals surface area contributed by atoms with Crippen molar-refractivity contribution >= 4 is 18.6 Å². The number of allylic oxidation sites excluding steroid dienone is 1. The summed E-state index contributed by atoms with van der Waals surface area (Å²) in [4.78, 5) is 9.00. The van der Waals surface area contributed by atoms with Crippen LogP contribution in [-0.4, -0.2) is 11.1 Å². The molecule has 2 nitrogen and oxygen atoms in total. The SMILES string of the molecule is CC(=O)O.CC=CS. The molecule has 1 N–H and O–H groups in total. The van der Waals surface area contributed by atoms with Gasteiger partial charge in [0.05, 0.1) is 0 Å². The van der Waals surface area contributed by atoms with Gasteiger partial charge in [0.2, 0.25) is 0 Å². The van der Waals surface area contributed by atoms with E-state index in [0.717, 1.165) is 6.92 Å². The van der Waals surface area contributed by atoms with Crippen molar-refractivity contribution in [2.24, 2.45) is 0 Å². The molecule has 0 bridgehead atoms. The number of aliphatic carboxylic acids is 1. The van der Waals surface area contributed by atoms with Gasteiger partial charge in [0.1, 0.15) is 0 Å². The summed E-state index contributed by atoms with van der Waals surface area (Å²) in [7, 11) is 0. The van der Waals surface area contributed by atoms with Crippen molar-refractivity contribution in [2.45, 2.75) is 13.8 Å². The Bertz CT molecular complexity index is 70.5. The summed E-state index contributed by atoms with van der Waals surface area (Å²) < 4.78 is 0. The van der Waals surface area contributed by atoms with Crippen LogP contribution in [0.3, 0.4) is 0 Å². The molecule has 0 atom stereocenters. The molecule has 0 heterocycles. The summed E-state index contributed by atoms with van der Waals surface area (Å²) in [6.07, 6.45) is 1.86. The Labute approximate surface area is 54.6 Å². The summed E-state index contributed by atoms with van der Waals surface area (Å²) in [5, 5.41) is 9.11. The Balaban J connectivity index is 0. The Morgan fingerprint density at radius 3 is 1.88 bits per heavy atom. The van der Waals surface area contributed by atoms with Crippen LogP contribution < -0.4 is 0 Å². The predicted molar refractivity (Wildman–Crippen MR) is 37.1 cm³/mol. The minimum Gasteiger partial charge on any atom is -0.481 e. The van der Waals surface area contributed by atoms with Crippen LogP contribution in [0.25, 0.3) is 0 Å². The molecule has 0 spiro atoms. The standard InChI is InChI=1S/C3H6S.C2H4O2/c1-2-3-4;1-2(3)4/h2-4H,1H3;1H3,(H,3,4). The first-order valence-corrected chi connectivity index (χ1v) is 2.61. The lowest BCUT2D eigenvalue weighted by molar-refractivity contribution is -0.134. The van der Waals surface area contributed by atoms with Crippen molar-refractivity contribution < 1.29 is 9.90 Å². The van der Waals surface area contributed by atoms with E-state index in [1.165, 1.54) is 0 Å². The molecule has 0 aliphatic heterocycles. The maximum Gasteiger partial charge on any atom is 0.300 e. The molecule has 0 aromatic heterocycles. The fourth-order valence-electron chi connectivity index (χ4n) is 0. The highest BCUT2D eigenvalue weighted by Gasteiger charge is 1.65. The van der Waals surface area contributed by atoms with Crippen LogP contribution in [0.2, 0.25) is 0 Å². The topological polar surface area (TPSA) is 37.3 Å². The maximum absolute atomic E-state index is 9.00. The molecule has 0 unspecified atom stereocenters. The number of thiol groups is 1. The van der Waals surface area contributed by atoms with Gasteiger partial charge < -0.3 is 5.11 Å². The molecule has 0 rings (SSSR count). The molecule has 0 saturated carbocycles. The van der Waals surface area contributed by atoms with Crippen LogP contribution in [0.1, 0.15) is 13.8 Å². The zero-order valence-electron chi connectivity index (χ0n) is 4.96. The molecule has 0 aromatic carbocycles. The summed E-state index contributed by atoms with van der Waals surface area (Å²) >= 11 is 3.74. The second-order valence-corrected chi connectivity index (χ2v) is 1.30. The molecular formula is C5H10O2S. The normalized spacial score (nSPS) is 7.88. The number of hydrogen-bond acceptors (Lipinski definition) is 2. The Hall–Kier alpha value is -0.440. The van der Waals surface area contributed by atoms with E-state index in [-0.39, 0.29) is 0 Å². The second-order valence-electron chi connectivity index (χ2n) is 1.00. The molecule has 3 heteroatoms. The van der Waals surface area contributed by atoms with Gasteiger partial charge in [-0.3, -0.25) is 4.79 Å². The molecule has 0 fully saturated rings. The second kappa shape index (κ2) is 9.75. The third kappa shape index (κ3) is 369. The Kier molecular flexibility index (Phi) is 12.8. The number of carbonyl (C=O) groups is 1. The third-order valence-electron chi connectivity index (χ3n) is 0.149. The minimum absolute atomic E-state index is 0.833. The van der Waals surface area contributed by atoms with Crippen LogP contribution in [-0.2, 0) is 4.79 Å². The van der Waals surface area contributed by atoms with Gasteiger partial charge in [0, 0.05) is 6.92 Å². The maximum atomic E-state index is 9.00. The van der Waals surface area contributed by atoms with E-state index in [0.29, 0.717) is 0 Å². The van der Waals surface area contributed by atoms with E-state index in [1.54, 1.807) is 5.41 Å². The van der Waals surface area contributed by atoms with Gasteiger partial charge in [-0.05, 0) is 12.3 Å². The highest BCUT2D eigenvalue weighted by molar-refractivity contribution is 7.83. The van der Waals surface area contributed by atoms with Gasteiger partial charge in [0.15, 0.2) is 0 Å². The van der Waals surface area contributed by atoms with Crippen LogP contribution in [0.15, 0.2) is 11.5 Å². The molecule has 0 aliphatic carbocycles. The van der Waals surface area contributed by atoms with Crippen LogP contribution >= 0.6 is 12.6 Å². The fraction of sp³-hybridized carbons (Fsp3) is 0.400. The lowest BCUT2D eigenvalue weighted by atomic mass is 10.8. The Morgan fingerprint density at radius 1 is 1.75 bits per heavy atom. The highest BCUT2D eigenvalue weighted by Crippen LogP contribution is 1.69. The first-order chi connectivity index (χ1) is 3.65. The first-order valence-electron chi connectivity index (χ1n) is 2.10. The molecular weight excluding hydrogens is 124 g/mol. The predicted octanol–water partition coefficient (Wildman–Crippen LogP) is 1.54. The van der Waals surface area contributed by atoms with Crippen molar-refractivity contribution in [3.05, 3.63) is 11.5 Å². The van der Waals surface area contributed by atoms with Crippen molar-refractivity contribution in [1.29, 1.82) is 0 Å². The van der Waals surface area contributed by atoms with Crippen molar-refractivity contribution in [3.63, 3.8) is 0 Å². The number of carboxylic acids is 1. The van der Waals surface area contributed by atoms with E-state index in [4.69, 9.17) is 9.90 Å². The average molecular weight is 134 g/mol. The van der Waals surface area contributed by atoms with Gasteiger partial charge in [-0.25, -0.2) is 0 Å². The quantitative estimate of drug-likeness (QED) is 0.493. The highest BCUT2D eigenvalue weighted by atomic mass is 32.1. The summed E-state index contributed by atoms with van der Waals surface area (Å²) in [6.45, 7) is 3.01. The third-order valence-corrected chi connectivity index (χ3v) is 0.447. The molecule has 0 saturated heterocycles. The fourth-order valence-corrected chi connectivity index (χ4v) is 0. The summed E-state index contributed by atoms with van der Waals surface area (Å²) in [5.41, 5.74) is 0. The van der Waals surface area contributed by atoms with Crippen LogP contribution in [0.5, 0.6) is 0 Å². The Morgan fingerprint density at radius 2 is 1.88 bits per heavy atom. The molecule has 0 aliphatic rings. The van der Waals surface area contributed by atoms with E-state index in [9.17, 15) is 0 Å². The van der Waals surface area contributed by atoms with Crippen LogP contribution in [0.4, 0.5) is 0 Å². The summed E-state index contributed by atoms with van der Waals surface area (Å²) in [5.74, 6) is -0.833. The van der Waals surface area contributed by atoms with Gasteiger partial charge in [-0.1, -0.05) is 6.08 Å². The molecule has 48 valence electrons. The lowest BCUT2D eigenvalue weighted by Gasteiger charge is -1.59. The minimum atomic E-state index is -0.833.